The Morgan fingerprint density at radius 3 is 2.40 bits per heavy atom. The van der Waals surface area contributed by atoms with Gasteiger partial charge in [0.1, 0.15) is 0 Å². The Bertz CT molecular complexity index is 578. The average molecular weight is 345 g/mol. The molecule has 2 saturated heterocycles. The molecule has 1 N–H and O–H groups in total. The summed E-state index contributed by atoms with van der Waals surface area (Å²) in [5.74, 6) is 0.170. The maximum atomic E-state index is 12.8. The number of piperazine rings is 1. The molecular weight excluding hydrogens is 312 g/mol. The molecule has 2 aliphatic heterocycles. The first-order chi connectivity index (χ1) is 12.0. The van der Waals surface area contributed by atoms with Gasteiger partial charge in [-0.15, -0.1) is 0 Å². The number of carbonyl (C=O) groups is 1. The van der Waals surface area contributed by atoms with Crippen molar-refractivity contribution < 1.29 is 4.79 Å². The molecule has 2 heterocycles. The highest BCUT2D eigenvalue weighted by Crippen LogP contribution is 2.31. The summed E-state index contributed by atoms with van der Waals surface area (Å²) < 4.78 is 0. The van der Waals surface area contributed by atoms with Crippen molar-refractivity contribution in [2.45, 2.75) is 31.7 Å². The Balaban J connectivity index is 1.59. The molecule has 0 aromatic heterocycles. The van der Waals surface area contributed by atoms with Gasteiger partial charge in [-0.05, 0) is 57.6 Å². The number of rotatable bonds is 4. The van der Waals surface area contributed by atoms with Gasteiger partial charge in [0.2, 0.25) is 0 Å². The lowest BCUT2D eigenvalue weighted by Crippen LogP contribution is -2.64. The van der Waals surface area contributed by atoms with E-state index < -0.39 is 0 Å². The highest BCUT2D eigenvalue weighted by molar-refractivity contribution is 5.94. The lowest BCUT2D eigenvalue weighted by Gasteiger charge is -2.52. The molecule has 2 fully saturated rings. The topological polar surface area (TPSA) is 38.8 Å². The number of carbonyl (C=O) groups excluding carboxylic acids is 1. The van der Waals surface area contributed by atoms with Crippen LogP contribution >= 0.6 is 0 Å². The van der Waals surface area contributed by atoms with E-state index in [1.165, 1.54) is 0 Å². The first kappa shape index (κ1) is 18.2. The highest BCUT2D eigenvalue weighted by Gasteiger charge is 2.42. The van der Waals surface area contributed by atoms with Crippen LogP contribution in [0.1, 0.15) is 36.5 Å². The number of piperidine rings is 1. The van der Waals surface area contributed by atoms with E-state index in [9.17, 15) is 4.79 Å². The maximum Gasteiger partial charge on any atom is 0.253 e. The maximum absolute atomic E-state index is 12.8. The summed E-state index contributed by atoms with van der Waals surface area (Å²) in [7, 11) is 4.45. The van der Waals surface area contributed by atoms with Crippen LogP contribution in [0.5, 0.6) is 0 Å². The Hall–Kier alpha value is -1.59. The van der Waals surface area contributed by atoms with Crippen LogP contribution < -0.4 is 5.32 Å². The molecule has 0 aliphatic carbocycles. The molecule has 3 rings (SSSR count). The Morgan fingerprint density at radius 1 is 1.08 bits per heavy atom. The fourth-order valence-electron chi connectivity index (χ4n) is 4.11. The average Bonchev–Trinajstić information content (AvgIpc) is 2.64. The number of hydrogen-bond acceptors (Lipinski definition) is 4. The molecule has 1 aromatic carbocycles. The van der Waals surface area contributed by atoms with Crippen molar-refractivity contribution in [3.63, 3.8) is 0 Å². The van der Waals surface area contributed by atoms with Crippen molar-refractivity contribution in [1.29, 1.82) is 0 Å². The van der Waals surface area contributed by atoms with Crippen LogP contribution in [0.25, 0.3) is 0 Å². The number of likely N-dealkylation sites (N-methyl/N-ethyl adjacent to an activating group) is 2. The summed E-state index contributed by atoms with van der Waals surface area (Å²) >= 11 is 0. The quantitative estimate of drug-likeness (QED) is 0.910. The summed E-state index contributed by atoms with van der Waals surface area (Å²) in [5, 5.41) is 3.35. The third-order valence-electron chi connectivity index (χ3n) is 5.88. The van der Waals surface area contributed by atoms with Gasteiger partial charge in [0, 0.05) is 56.1 Å². The largest absolute Gasteiger partial charge is 0.385 e. The van der Waals surface area contributed by atoms with Gasteiger partial charge in [-0.2, -0.15) is 0 Å². The van der Waals surface area contributed by atoms with Crippen LogP contribution in [0.3, 0.4) is 0 Å². The monoisotopic (exact) mass is 344 g/mol. The van der Waals surface area contributed by atoms with Crippen LogP contribution in [0.15, 0.2) is 24.3 Å². The van der Waals surface area contributed by atoms with Crippen LogP contribution in [-0.4, -0.2) is 79.5 Å². The van der Waals surface area contributed by atoms with Crippen molar-refractivity contribution in [2.75, 3.05) is 58.7 Å². The molecule has 0 atom stereocenters. The second kappa shape index (κ2) is 7.75. The van der Waals surface area contributed by atoms with Gasteiger partial charge in [0.25, 0.3) is 5.91 Å². The summed E-state index contributed by atoms with van der Waals surface area (Å²) in [4.78, 5) is 19.8. The minimum absolute atomic E-state index is 0.170. The van der Waals surface area contributed by atoms with Gasteiger partial charge >= 0.3 is 0 Å². The van der Waals surface area contributed by atoms with Crippen LogP contribution in [0, 0.1) is 0 Å². The van der Waals surface area contributed by atoms with Gasteiger partial charge < -0.3 is 15.1 Å². The predicted molar refractivity (Wildman–Crippen MR) is 103 cm³/mol. The standard InChI is InChI=1S/C20H32N4O/c1-4-11-21-18-7-5-17(6-8-18)19(25)24-12-9-20(10-13-24)16-22(2)14-15-23(20)3/h5-8,21H,4,9-16H2,1-3H3. The van der Waals surface area contributed by atoms with Gasteiger partial charge in [-0.3, -0.25) is 9.69 Å². The number of amides is 1. The van der Waals surface area contributed by atoms with Crippen LogP contribution in [0.2, 0.25) is 0 Å². The molecule has 5 heteroatoms. The zero-order valence-corrected chi connectivity index (χ0v) is 15.9. The van der Waals surface area contributed by atoms with Crippen molar-refractivity contribution in [1.82, 2.24) is 14.7 Å². The molecule has 138 valence electrons. The first-order valence-electron chi connectivity index (χ1n) is 9.57. The van der Waals surface area contributed by atoms with E-state index in [1.807, 2.05) is 29.2 Å². The third kappa shape index (κ3) is 3.98. The highest BCUT2D eigenvalue weighted by atomic mass is 16.2. The number of hydrogen-bond donors (Lipinski definition) is 1. The smallest absolute Gasteiger partial charge is 0.253 e. The lowest BCUT2D eigenvalue weighted by molar-refractivity contribution is -0.0157. The van der Waals surface area contributed by atoms with Crippen molar-refractivity contribution in [3.05, 3.63) is 29.8 Å². The van der Waals surface area contributed by atoms with E-state index in [1.54, 1.807) is 0 Å². The van der Waals surface area contributed by atoms with Crippen molar-refractivity contribution in [3.8, 4) is 0 Å². The van der Waals surface area contributed by atoms with E-state index in [-0.39, 0.29) is 11.4 Å². The molecule has 1 spiro atoms. The van der Waals surface area contributed by atoms with E-state index >= 15 is 0 Å². The number of benzene rings is 1. The zero-order chi connectivity index (χ0) is 17.9. The summed E-state index contributed by atoms with van der Waals surface area (Å²) in [6.07, 6.45) is 3.23. The number of nitrogens with one attached hydrogen (secondary N) is 1. The minimum atomic E-state index is 0.170. The van der Waals surface area contributed by atoms with Crippen molar-refractivity contribution in [2.24, 2.45) is 0 Å². The van der Waals surface area contributed by atoms with Crippen LogP contribution in [0.4, 0.5) is 5.69 Å². The molecule has 0 radical (unpaired) electrons. The Morgan fingerprint density at radius 2 is 1.76 bits per heavy atom. The van der Waals surface area contributed by atoms with Gasteiger partial charge in [0.15, 0.2) is 0 Å². The molecule has 0 saturated carbocycles. The Labute approximate surface area is 152 Å². The zero-order valence-electron chi connectivity index (χ0n) is 15.9. The summed E-state index contributed by atoms with van der Waals surface area (Å²) in [5.41, 5.74) is 2.13. The van der Waals surface area contributed by atoms with Gasteiger partial charge in [-0.25, -0.2) is 0 Å². The molecular formula is C20H32N4O. The van der Waals surface area contributed by atoms with Crippen LogP contribution in [-0.2, 0) is 0 Å². The van der Waals surface area contributed by atoms with E-state index in [0.29, 0.717) is 0 Å². The predicted octanol–water partition coefficient (Wildman–Crippen LogP) is 2.36. The number of nitrogens with zero attached hydrogens (tertiary/aromatic N) is 3. The molecule has 2 aliphatic rings. The minimum Gasteiger partial charge on any atom is -0.385 e. The fraction of sp³-hybridized carbons (Fsp3) is 0.650. The first-order valence-corrected chi connectivity index (χ1v) is 9.57. The fourth-order valence-corrected chi connectivity index (χ4v) is 4.11. The third-order valence-corrected chi connectivity index (χ3v) is 5.88. The van der Waals surface area contributed by atoms with Gasteiger partial charge in [-0.1, -0.05) is 6.92 Å². The second-order valence-corrected chi connectivity index (χ2v) is 7.68. The molecule has 0 bridgehead atoms. The van der Waals surface area contributed by atoms with Gasteiger partial charge in [0.05, 0.1) is 0 Å². The molecule has 1 amide bonds. The molecule has 25 heavy (non-hydrogen) atoms. The Kier molecular flexibility index (Phi) is 5.64. The second-order valence-electron chi connectivity index (χ2n) is 7.68. The van der Waals surface area contributed by atoms with E-state index in [0.717, 1.165) is 69.8 Å². The van der Waals surface area contributed by atoms with Crippen molar-refractivity contribution >= 4 is 11.6 Å². The summed E-state index contributed by atoms with van der Waals surface area (Å²) in [6.45, 7) is 8.19. The summed E-state index contributed by atoms with van der Waals surface area (Å²) in [6, 6.07) is 7.92. The molecule has 5 nitrogen and oxygen atoms in total. The molecule has 0 unspecified atom stereocenters. The SMILES string of the molecule is CCCNc1ccc(C(=O)N2CCC3(CC2)CN(C)CCN3C)cc1. The molecule has 1 aromatic rings. The number of anilines is 1. The number of likely N-dealkylation sites (tertiary alicyclic amines) is 1. The lowest BCUT2D eigenvalue weighted by atomic mass is 9.83. The normalized spacial score (nSPS) is 21.5. The van der Waals surface area contributed by atoms with E-state index in [4.69, 9.17) is 0 Å². The van der Waals surface area contributed by atoms with E-state index in [2.05, 4.69) is 36.1 Å².